The smallest absolute Gasteiger partial charge is 0.0798 e. The van der Waals surface area contributed by atoms with E-state index in [2.05, 4.69) is 29.9 Å². The second kappa shape index (κ2) is 4.75. The lowest BCUT2D eigenvalue weighted by Crippen LogP contribution is -2.17. The third-order valence-corrected chi connectivity index (χ3v) is 3.79. The highest BCUT2D eigenvalue weighted by atomic mass is 32.1. The fraction of sp³-hybridized carbons (Fsp3) is 0.308. The van der Waals surface area contributed by atoms with Gasteiger partial charge in [-0.25, -0.2) is 4.98 Å². The van der Waals surface area contributed by atoms with Crippen LogP contribution in [0.1, 0.15) is 16.1 Å². The van der Waals surface area contributed by atoms with Crippen LogP contribution in [0.15, 0.2) is 23.7 Å². The molecule has 3 nitrogen and oxygen atoms in total. The normalized spacial score (nSPS) is 10.5. The number of nitrogens with two attached hydrogens (primary N) is 1. The van der Waals surface area contributed by atoms with Gasteiger partial charge in [-0.05, 0) is 31.5 Å². The van der Waals surface area contributed by atoms with Gasteiger partial charge in [0.15, 0.2) is 0 Å². The molecule has 0 radical (unpaired) electrons. The first kappa shape index (κ1) is 11.9. The molecule has 0 amide bonds. The number of anilines is 2. The fourth-order valence-electron chi connectivity index (χ4n) is 1.82. The summed E-state index contributed by atoms with van der Waals surface area (Å²) in [5.41, 5.74) is 12.1. The number of benzene rings is 1. The van der Waals surface area contributed by atoms with Gasteiger partial charge in [0.25, 0.3) is 0 Å². The molecule has 1 heterocycles. The Hall–Kier alpha value is -1.55. The van der Waals surface area contributed by atoms with Crippen LogP contribution in [-0.2, 0) is 6.54 Å². The van der Waals surface area contributed by atoms with Crippen LogP contribution in [0.25, 0.3) is 0 Å². The second-order valence-electron chi connectivity index (χ2n) is 4.26. The van der Waals surface area contributed by atoms with Crippen molar-refractivity contribution in [3.63, 3.8) is 0 Å². The molecule has 0 unspecified atom stereocenters. The van der Waals surface area contributed by atoms with Crippen LogP contribution < -0.4 is 10.6 Å². The molecule has 2 N–H and O–H groups in total. The maximum absolute atomic E-state index is 5.83. The SMILES string of the molecule is Cc1ccc(N)cc1N(C)Cc1scnc1C. The molecule has 90 valence electrons. The maximum Gasteiger partial charge on any atom is 0.0798 e. The van der Waals surface area contributed by atoms with E-state index in [9.17, 15) is 0 Å². The van der Waals surface area contributed by atoms with Crippen LogP contribution in [0, 0.1) is 13.8 Å². The third kappa shape index (κ3) is 2.58. The standard InChI is InChI=1S/C13H17N3S/c1-9-4-5-11(14)6-12(9)16(3)7-13-10(2)15-8-17-13/h4-6,8H,7,14H2,1-3H3. The Balaban J connectivity index is 2.23. The van der Waals surface area contributed by atoms with Gasteiger partial charge in [0.2, 0.25) is 0 Å². The molecule has 2 aromatic rings. The molecule has 0 aliphatic rings. The Morgan fingerprint density at radius 1 is 1.35 bits per heavy atom. The molecule has 0 aliphatic carbocycles. The number of hydrogen-bond donors (Lipinski definition) is 1. The fourth-order valence-corrected chi connectivity index (χ4v) is 2.65. The monoisotopic (exact) mass is 247 g/mol. The summed E-state index contributed by atoms with van der Waals surface area (Å²) in [7, 11) is 2.08. The zero-order chi connectivity index (χ0) is 12.4. The van der Waals surface area contributed by atoms with E-state index >= 15 is 0 Å². The lowest BCUT2D eigenvalue weighted by Gasteiger charge is -2.21. The van der Waals surface area contributed by atoms with Crippen molar-refractivity contribution < 1.29 is 0 Å². The lowest BCUT2D eigenvalue weighted by atomic mass is 10.1. The zero-order valence-electron chi connectivity index (χ0n) is 10.4. The zero-order valence-corrected chi connectivity index (χ0v) is 11.2. The largest absolute Gasteiger partial charge is 0.399 e. The van der Waals surface area contributed by atoms with Gasteiger partial charge < -0.3 is 10.6 Å². The van der Waals surface area contributed by atoms with Crippen LogP contribution in [-0.4, -0.2) is 12.0 Å². The summed E-state index contributed by atoms with van der Waals surface area (Å²) in [4.78, 5) is 7.79. The predicted molar refractivity (Wildman–Crippen MR) is 74.5 cm³/mol. The minimum Gasteiger partial charge on any atom is -0.399 e. The summed E-state index contributed by atoms with van der Waals surface area (Å²) < 4.78 is 0. The first-order valence-corrected chi connectivity index (χ1v) is 6.42. The van der Waals surface area contributed by atoms with Crippen LogP contribution in [0.5, 0.6) is 0 Å². The molecule has 0 aliphatic heterocycles. The highest BCUT2D eigenvalue weighted by Gasteiger charge is 2.09. The number of thiazole rings is 1. The van der Waals surface area contributed by atoms with Gasteiger partial charge in [0.1, 0.15) is 0 Å². The number of nitrogens with zero attached hydrogens (tertiary/aromatic N) is 2. The summed E-state index contributed by atoms with van der Waals surface area (Å²) in [5.74, 6) is 0. The van der Waals surface area contributed by atoms with E-state index in [4.69, 9.17) is 5.73 Å². The number of rotatable bonds is 3. The van der Waals surface area contributed by atoms with Crippen molar-refractivity contribution in [2.24, 2.45) is 0 Å². The summed E-state index contributed by atoms with van der Waals surface area (Å²) in [6.07, 6.45) is 0. The summed E-state index contributed by atoms with van der Waals surface area (Å²) in [5, 5.41) is 0. The van der Waals surface area contributed by atoms with Gasteiger partial charge in [-0.1, -0.05) is 6.07 Å². The van der Waals surface area contributed by atoms with E-state index in [-0.39, 0.29) is 0 Å². The van der Waals surface area contributed by atoms with Crippen LogP contribution in [0.4, 0.5) is 11.4 Å². The van der Waals surface area contributed by atoms with Crippen molar-refractivity contribution in [1.29, 1.82) is 0 Å². The average molecular weight is 247 g/mol. The van der Waals surface area contributed by atoms with Gasteiger partial charge in [0, 0.05) is 23.3 Å². The lowest BCUT2D eigenvalue weighted by molar-refractivity contribution is 0.921. The number of aryl methyl sites for hydroxylation is 2. The summed E-state index contributed by atoms with van der Waals surface area (Å²) >= 11 is 1.70. The van der Waals surface area contributed by atoms with E-state index in [1.54, 1.807) is 11.3 Å². The van der Waals surface area contributed by atoms with Gasteiger partial charge >= 0.3 is 0 Å². The Kier molecular flexibility index (Phi) is 3.33. The van der Waals surface area contributed by atoms with E-state index in [0.717, 1.165) is 17.9 Å². The van der Waals surface area contributed by atoms with Crippen molar-refractivity contribution in [2.45, 2.75) is 20.4 Å². The molecule has 0 fully saturated rings. The quantitative estimate of drug-likeness (QED) is 0.848. The van der Waals surface area contributed by atoms with Crippen LogP contribution >= 0.6 is 11.3 Å². The van der Waals surface area contributed by atoms with E-state index < -0.39 is 0 Å². The molecule has 0 saturated heterocycles. The van der Waals surface area contributed by atoms with Gasteiger partial charge in [-0.15, -0.1) is 11.3 Å². The molecule has 0 bridgehead atoms. The minimum absolute atomic E-state index is 0.804. The van der Waals surface area contributed by atoms with Crippen molar-refractivity contribution in [3.8, 4) is 0 Å². The molecular formula is C13H17N3S. The summed E-state index contributed by atoms with van der Waals surface area (Å²) in [6, 6.07) is 6.01. The molecule has 0 atom stereocenters. The van der Waals surface area contributed by atoms with Crippen molar-refractivity contribution >= 4 is 22.7 Å². The van der Waals surface area contributed by atoms with Crippen LogP contribution in [0.2, 0.25) is 0 Å². The Morgan fingerprint density at radius 2 is 2.12 bits per heavy atom. The molecule has 1 aromatic heterocycles. The Morgan fingerprint density at radius 3 is 2.76 bits per heavy atom. The molecule has 4 heteroatoms. The Bertz CT molecular complexity index is 519. The topological polar surface area (TPSA) is 42.1 Å². The van der Waals surface area contributed by atoms with Gasteiger partial charge in [-0.2, -0.15) is 0 Å². The van der Waals surface area contributed by atoms with Crippen molar-refractivity contribution in [1.82, 2.24) is 4.98 Å². The number of nitrogen functional groups attached to an aromatic ring is 1. The minimum atomic E-state index is 0.804. The van der Waals surface area contributed by atoms with Crippen LogP contribution in [0.3, 0.4) is 0 Å². The van der Waals surface area contributed by atoms with Gasteiger partial charge in [-0.3, -0.25) is 0 Å². The second-order valence-corrected chi connectivity index (χ2v) is 5.20. The predicted octanol–water partition coefficient (Wildman–Crippen LogP) is 2.98. The molecular weight excluding hydrogens is 230 g/mol. The molecule has 0 saturated carbocycles. The van der Waals surface area contributed by atoms with Crippen molar-refractivity contribution in [2.75, 3.05) is 17.7 Å². The van der Waals surface area contributed by atoms with E-state index in [0.29, 0.717) is 0 Å². The highest BCUT2D eigenvalue weighted by molar-refractivity contribution is 7.09. The summed E-state index contributed by atoms with van der Waals surface area (Å²) in [6.45, 7) is 5.03. The third-order valence-electron chi connectivity index (χ3n) is 2.87. The molecule has 0 spiro atoms. The number of hydrogen-bond acceptors (Lipinski definition) is 4. The van der Waals surface area contributed by atoms with Gasteiger partial charge in [0.05, 0.1) is 17.7 Å². The highest BCUT2D eigenvalue weighted by Crippen LogP contribution is 2.24. The van der Waals surface area contributed by atoms with Crippen molar-refractivity contribution in [3.05, 3.63) is 39.8 Å². The molecule has 2 rings (SSSR count). The first-order valence-electron chi connectivity index (χ1n) is 5.54. The number of aromatic nitrogens is 1. The molecule has 17 heavy (non-hydrogen) atoms. The average Bonchev–Trinajstić information content (AvgIpc) is 2.68. The van der Waals surface area contributed by atoms with E-state index in [1.807, 2.05) is 24.6 Å². The first-order chi connectivity index (χ1) is 8.08. The molecule has 1 aromatic carbocycles. The Labute approximate surface area is 106 Å². The maximum atomic E-state index is 5.83. The van der Waals surface area contributed by atoms with E-state index in [1.165, 1.54) is 16.1 Å².